The molecule has 0 fully saturated rings. The Kier molecular flexibility index (Phi) is 4.84. The number of aromatic nitrogens is 2. The van der Waals surface area contributed by atoms with E-state index in [-0.39, 0.29) is 0 Å². The molecule has 1 aliphatic heterocycles. The number of nitrogens with zero attached hydrogens (tertiary/aromatic N) is 2. The van der Waals surface area contributed by atoms with Gasteiger partial charge >= 0.3 is 0 Å². The van der Waals surface area contributed by atoms with Gasteiger partial charge in [0.05, 0.1) is 11.0 Å². The van der Waals surface area contributed by atoms with Crippen molar-refractivity contribution in [3.63, 3.8) is 0 Å². The van der Waals surface area contributed by atoms with Crippen LogP contribution in [-0.4, -0.2) is 15.7 Å². The molecule has 1 aliphatic carbocycles. The van der Waals surface area contributed by atoms with Gasteiger partial charge in [0.25, 0.3) is 0 Å². The minimum atomic E-state index is 0.370. The van der Waals surface area contributed by atoms with Gasteiger partial charge in [-0.15, -0.1) is 22.7 Å². The summed E-state index contributed by atoms with van der Waals surface area (Å²) in [6.45, 7) is 8.93. The van der Waals surface area contributed by atoms with Crippen LogP contribution < -0.4 is 0 Å². The number of imidazole rings is 1. The summed E-state index contributed by atoms with van der Waals surface area (Å²) in [6, 6.07) is 16.3. The van der Waals surface area contributed by atoms with Gasteiger partial charge < -0.3 is 4.98 Å². The molecule has 0 atom stereocenters. The lowest BCUT2D eigenvalue weighted by molar-refractivity contribution is 0.799. The molecule has 0 amide bonds. The third-order valence-corrected chi connectivity index (χ3v) is 10.6. The average Bonchev–Trinajstić information content (AvgIpc) is 3.70. The van der Waals surface area contributed by atoms with Crippen molar-refractivity contribution in [2.24, 2.45) is 10.9 Å². The molecule has 0 spiro atoms. The Labute approximate surface area is 229 Å². The highest BCUT2D eigenvalue weighted by atomic mass is 32.1. The highest BCUT2D eigenvalue weighted by Crippen LogP contribution is 2.46. The number of H-pyrrole nitrogens is 1. The molecule has 0 saturated heterocycles. The maximum absolute atomic E-state index is 5.02. The number of allylic oxidation sites excluding steroid dienone is 2. The third kappa shape index (κ3) is 3.18. The molecule has 8 rings (SSSR count). The van der Waals surface area contributed by atoms with Crippen LogP contribution in [0.1, 0.15) is 63.4 Å². The summed E-state index contributed by atoms with van der Waals surface area (Å²) < 4.78 is 2.78. The first-order valence-electron chi connectivity index (χ1n) is 13.6. The van der Waals surface area contributed by atoms with Gasteiger partial charge in [-0.05, 0) is 70.0 Å². The van der Waals surface area contributed by atoms with E-state index in [0.717, 1.165) is 36.1 Å². The first-order valence-corrected chi connectivity index (χ1v) is 15.3. The van der Waals surface area contributed by atoms with Crippen molar-refractivity contribution in [3.05, 3.63) is 70.5 Å². The van der Waals surface area contributed by atoms with Gasteiger partial charge in [-0.25, -0.2) is 4.98 Å². The predicted molar refractivity (Wildman–Crippen MR) is 166 cm³/mol. The monoisotopic (exact) mass is 531 g/mol. The molecule has 0 radical (unpaired) electrons. The van der Waals surface area contributed by atoms with Crippen LogP contribution in [0.15, 0.2) is 58.5 Å². The van der Waals surface area contributed by atoms with E-state index in [9.17, 15) is 0 Å². The number of fused-ring (bicyclic) bond motifs is 10. The first kappa shape index (κ1) is 22.7. The van der Waals surface area contributed by atoms with Gasteiger partial charge in [-0.2, -0.15) is 0 Å². The second-order valence-electron chi connectivity index (χ2n) is 11.4. The minimum Gasteiger partial charge on any atom is -0.341 e. The van der Waals surface area contributed by atoms with Crippen LogP contribution >= 0.6 is 22.7 Å². The van der Waals surface area contributed by atoms with Crippen molar-refractivity contribution in [3.8, 4) is 10.4 Å². The topological polar surface area (TPSA) is 41.0 Å². The minimum absolute atomic E-state index is 0.370. The smallest absolute Gasteiger partial charge is 0.109 e. The molecule has 0 bridgehead atoms. The third-order valence-electron chi connectivity index (χ3n) is 8.39. The quantitative estimate of drug-likeness (QED) is 0.242. The van der Waals surface area contributed by atoms with Crippen molar-refractivity contribution in [1.82, 2.24) is 9.97 Å². The fourth-order valence-electron chi connectivity index (χ4n) is 6.29. The Morgan fingerprint density at radius 3 is 2.61 bits per heavy atom. The molecule has 0 unspecified atom stereocenters. The maximum Gasteiger partial charge on any atom is 0.109 e. The van der Waals surface area contributed by atoms with E-state index < -0.39 is 0 Å². The molecular formula is C33H29N3S2. The standard InChI is InChI=1S/C33H29N3S2/c1-16(2)27-15-24-20-7-6-19-14-28(38-31(19)22(20)9-10-26(24)34-27)18-5-8-21-25(13-18)32-23(11-12-37-32)30-29(21)35-33(36-30)17(3)4/h5-8,11-14,16-17H,9-10,15H2,1-4H3,(H,35,36). The molecule has 4 heterocycles. The first-order chi connectivity index (χ1) is 18.5. The van der Waals surface area contributed by atoms with Crippen LogP contribution in [0.25, 0.3) is 58.0 Å². The van der Waals surface area contributed by atoms with Crippen LogP contribution in [-0.2, 0) is 6.42 Å². The molecule has 2 aliphatic rings. The molecule has 38 heavy (non-hydrogen) atoms. The number of aryl methyl sites for hydroxylation is 1. The molecule has 3 aromatic heterocycles. The van der Waals surface area contributed by atoms with Gasteiger partial charge in [0, 0.05) is 54.2 Å². The lowest BCUT2D eigenvalue weighted by Gasteiger charge is -2.18. The molecule has 0 saturated carbocycles. The highest BCUT2D eigenvalue weighted by Gasteiger charge is 2.28. The number of rotatable bonds is 3. The van der Waals surface area contributed by atoms with Crippen LogP contribution in [0.5, 0.6) is 0 Å². The number of nitrogens with one attached hydrogen (secondary N) is 1. The largest absolute Gasteiger partial charge is 0.341 e. The van der Waals surface area contributed by atoms with Crippen LogP contribution in [0.2, 0.25) is 0 Å². The van der Waals surface area contributed by atoms with Crippen molar-refractivity contribution in [2.75, 3.05) is 0 Å². The SMILES string of the molecule is CC(C)C1=NC2=C(C1)c1ccc3cc(-c4ccc5c(c4)c4sccc4c4nc(C(C)C)[nH]c54)sc3c1CC2. The lowest BCUT2D eigenvalue weighted by Crippen LogP contribution is -2.05. The Hall–Kier alpha value is -3.28. The van der Waals surface area contributed by atoms with Gasteiger partial charge in [0.2, 0.25) is 0 Å². The fraction of sp³-hybridized carbons (Fsp3) is 0.273. The number of benzene rings is 3. The van der Waals surface area contributed by atoms with Gasteiger partial charge in [0.1, 0.15) is 5.82 Å². The second-order valence-corrected chi connectivity index (χ2v) is 13.4. The second kappa shape index (κ2) is 8.11. The van der Waals surface area contributed by atoms with Crippen LogP contribution in [0.3, 0.4) is 0 Å². The number of hydrogen-bond donors (Lipinski definition) is 1. The molecule has 3 nitrogen and oxygen atoms in total. The van der Waals surface area contributed by atoms with E-state index in [4.69, 9.17) is 9.98 Å². The van der Waals surface area contributed by atoms with Crippen molar-refractivity contribution in [1.29, 1.82) is 0 Å². The van der Waals surface area contributed by atoms with E-state index in [1.807, 2.05) is 22.7 Å². The van der Waals surface area contributed by atoms with Crippen molar-refractivity contribution in [2.45, 2.75) is 52.9 Å². The summed E-state index contributed by atoms with van der Waals surface area (Å²) >= 11 is 3.78. The Bertz CT molecular complexity index is 2010. The number of hydrogen-bond acceptors (Lipinski definition) is 4. The molecular weight excluding hydrogens is 503 g/mol. The normalized spacial score (nSPS) is 15.6. The fourth-order valence-corrected chi connectivity index (χ4v) is 8.45. The number of aliphatic imine (C=N–C) groups is 1. The summed E-state index contributed by atoms with van der Waals surface area (Å²) in [7, 11) is 0. The van der Waals surface area contributed by atoms with Gasteiger partial charge in [0.15, 0.2) is 0 Å². The Balaban J connectivity index is 1.27. The van der Waals surface area contributed by atoms with E-state index in [1.54, 1.807) is 0 Å². The number of aromatic amines is 1. The maximum atomic E-state index is 5.02. The van der Waals surface area contributed by atoms with E-state index in [1.165, 1.54) is 69.5 Å². The molecule has 3 aromatic carbocycles. The zero-order chi connectivity index (χ0) is 25.7. The van der Waals surface area contributed by atoms with Crippen LogP contribution in [0, 0.1) is 5.92 Å². The average molecular weight is 532 g/mol. The zero-order valence-corrected chi connectivity index (χ0v) is 23.7. The molecule has 1 N–H and O–H groups in total. The van der Waals surface area contributed by atoms with E-state index in [2.05, 4.69) is 80.5 Å². The summed E-state index contributed by atoms with van der Waals surface area (Å²) in [5, 5.41) is 7.40. The predicted octanol–water partition coefficient (Wildman–Crippen LogP) is 10.1. The van der Waals surface area contributed by atoms with Crippen LogP contribution in [0.4, 0.5) is 0 Å². The summed E-state index contributed by atoms with van der Waals surface area (Å²) in [5.41, 5.74) is 10.7. The number of thiophene rings is 2. The molecule has 6 aromatic rings. The molecule has 188 valence electrons. The zero-order valence-electron chi connectivity index (χ0n) is 22.1. The Morgan fingerprint density at radius 1 is 0.868 bits per heavy atom. The summed E-state index contributed by atoms with van der Waals surface area (Å²) in [4.78, 5) is 15.0. The summed E-state index contributed by atoms with van der Waals surface area (Å²) in [5.74, 6) is 1.95. The van der Waals surface area contributed by atoms with E-state index >= 15 is 0 Å². The molecule has 5 heteroatoms. The van der Waals surface area contributed by atoms with Crippen molar-refractivity contribution >= 4 is 75.9 Å². The van der Waals surface area contributed by atoms with Gasteiger partial charge in [-0.1, -0.05) is 52.0 Å². The Morgan fingerprint density at radius 2 is 1.76 bits per heavy atom. The lowest BCUT2D eigenvalue weighted by atomic mass is 9.86. The summed E-state index contributed by atoms with van der Waals surface area (Å²) in [6.07, 6.45) is 3.17. The van der Waals surface area contributed by atoms with Crippen molar-refractivity contribution < 1.29 is 0 Å². The van der Waals surface area contributed by atoms with Gasteiger partial charge in [-0.3, -0.25) is 4.99 Å². The highest BCUT2D eigenvalue weighted by molar-refractivity contribution is 7.22. The van der Waals surface area contributed by atoms with E-state index in [0.29, 0.717) is 11.8 Å².